The highest BCUT2D eigenvalue weighted by Crippen LogP contribution is 2.23. The van der Waals surface area contributed by atoms with E-state index in [0.29, 0.717) is 11.3 Å². The summed E-state index contributed by atoms with van der Waals surface area (Å²) < 4.78 is 13.5. The first kappa shape index (κ1) is 16.0. The van der Waals surface area contributed by atoms with Gasteiger partial charge >= 0.3 is 6.03 Å². The molecule has 0 aliphatic carbocycles. The van der Waals surface area contributed by atoms with Crippen molar-refractivity contribution in [2.75, 3.05) is 5.32 Å². The van der Waals surface area contributed by atoms with Crippen molar-refractivity contribution in [1.82, 2.24) is 5.32 Å². The lowest BCUT2D eigenvalue weighted by molar-refractivity contribution is 0.251. The molecule has 3 nitrogen and oxygen atoms in total. The zero-order valence-corrected chi connectivity index (χ0v) is 13.1. The molecule has 2 aromatic rings. The molecule has 0 heterocycles. The number of carbonyl (C=O) groups excluding carboxylic acids is 1. The van der Waals surface area contributed by atoms with E-state index in [-0.39, 0.29) is 23.8 Å². The second kappa shape index (κ2) is 6.60. The third-order valence-corrected chi connectivity index (χ3v) is 3.41. The molecule has 0 aromatic heterocycles. The molecule has 22 heavy (non-hydrogen) atoms. The fourth-order valence-corrected chi connectivity index (χ4v) is 2.05. The third-order valence-electron chi connectivity index (χ3n) is 3.41. The summed E-state index contributed by atoms with van der Waals surface area (Å²) in [6.07, 6.45) is 0. The van der Waals surface area contributed by atoms with Crippen LogP contribution in [-0.2, 0) is 12.0 Å². The molecule has 0 atom stereocenters. The minimum Gasteiger partial charge on any atom is -0.334 e. The molecular weight excluding hydrogens is 279 g/mol. The van der Waals surface area contributed by atoms with E-state index in [4.69, 9.17) is 0 Å². The van der Waals surface area contributed by atoms with Gasteiger partial charge in [0.15, 0.2) is 0 Å². The molecule has 116 valence electrons. The highest BCUT2D eigenvalue weighted by molar-refractivity contribution is 5.89. The van der Waals surface area contributed by atoms with Crippen molar-refractivity contribution >= 4 is 11.7 Å². The Kier molecular flexibility index (Phi) is 4.81. The zero-order valence-electron chi connectivity index (χ0n) is 13.1. The van der Waals surface area contributed by atoms with Crippen molar-refractivity contribution in [3.8, 4) is 0 Å². The van der Waals surface area contributed by atoms with Crippen molar-refractivity contribution in [2.24, 2.45) is 0 Å². The van der Waals surface area contributed by atoms with Gasteiger partial charge in [-0.1, -0.05) is 51.1 Å². The summed E-state index contributed by atoms with van der Waals surface area (Å²) in [5.74, 6) is -0.322. The number of rotatable bonds is 3. The number of urea groups is 1. The van der Waals surface area contributed by atoms with Gasteiger partial charge in [0.25, 0.3) is 0 Å². The number of amides is 2. The van der Waals surface area contributed by atoms with Gasteiger partial charge in [-0.15, -0.1) is 0 Å². The Morgan fingerprint density at radius 2 is 1.68 bits per heavy atom. The number of halogens is 1. The quantitative estimate of drug-likeness (QED) is 0.864. The van der Waals surface area contributed by atoms with E-state index >= 15 is 0 Å². The number of carbonyl (C=O) groups is 1. The molecule has 2 rings (SSSR count). The predicted molar refractivity (Wildman–Crippen MR) is 87.4 cm³/mol. The van der Waals surface area contributed by atoms with Crippen molar-refractivity contribution in [2.45, 2.75) is 32.7 Å². The fraction of sp³-hybridized carbons (Fsp3) is 0.278. The van der Waals surface area contributed by atoms with Gasteiger partial charge in [0.2, 0.25) is 0 Å². The van der Waals surface area contributed by atoms with E-state index in [0.717, 1.165) is 0 Å². The molecule has 0 saturated carbocycles. The van der Waals surface area contributed by atoms with Crippen molar-refractivity contribution in [3.63, 3.8) is 0 Å². The van der Waals surface area contributed by atoms with Crippen LogP contribution in [0.5, 0.6) is 0 Å². The van der Waals surface area contributed by atoms with Gasteiger partial charge in [-0.25, -0.2) is 9.18 Å². The zero-order chi connectivity index (χ0) is 16.2. The smallest absolute Gasteiger partial charge is 0.319 e. The van der Waals surface area contributed by atoms with E-state index in [9.17, 15) is 9.18 Å². The Morgan fingerprint density at radius 3 is 2.27 bits per heavy atom. The van der Waals surface area contributed by atoms with Crippen LogP contribution in [-0.4, -0.2) is 6.03 Å². The Hall–Kier alpha value is -2.36. The van der Waals surface area contributed by atoms with E-state index in [2.05, 4.69) is 31.4 Å². The average Bonchev–Trinajstić information content (AvgIpc) is 2.46. The van der Waals surface area contributed by atoms with E-state index < -0.39 is 0 Å². The van der Waals surface area contributed by atoms with Gasteiger partial charge in [-0.3, -0.25) is 0 Å². The molecule has 0 aliphatic heterocycles. The Bertz CT molecular complexity index is 645. The molecule has 4 heteroatoms. The molecule has 0 aliphatic rings. The van der Waals surface area contributed by atoms with E-state index in [1.54, 1.807) is 18.2 Å². The molecule has 0 fully saturated rings. The summed E-state index contributed by atoms with van der Waals surface area (Å²) in [5, 5.41) is 5.38. The summed E-state index contributed by atoms with van der Waals surface area (Å²) >= 11 is 0. The van der Waals surface area contributed by atoms with Crippen LogP contribution < -0.4 is 10.6 Å². The van der Waals surface area contributed by atoms with Gasteiger partial charge in [0, 0.05) is 17.8 Å². The molecule has 0 bridgehead atoms. The number of benzene rings is 2. The number of hydrogen-bond donors (Lipinski definition) is 2. The first-order valence-electron chi connectivity index (χ1n) is 7.25. The minimum absolute atomic E-state index is 0.0750. The normalized spacial score (nSPS) is 11.1. The molecule has 2 N–H and O–H groups in total. The standard InChI is InChI=1S/C18H21FN2O/c1-18(2,3)14-8-10-15(11-9-14)21-17(22)20-12-13-6-4-5-7-16(13)19/h4-11H,12H2,1-3H3,(H2,20,21,22). The van der Waals surface area contributed by atoms with E-state index in [1.807, 2.05) is 24.3 Å². The number of hydrogen-bond acceptors (Lipinski definition) is 1. The lowest BCUT2D eigenvalue weighted by atomic mass is 9.87. The van der Waals surface area contributed by atoms with E-state index in [1.165, 1.54) is 11.6 Å². The fourth-order valence-electron chi connectivity index (χ4n) is 2.05. The highest BCUT2D eigenvalue weighted by atomic mass is 19.1. The highest BCUT2D eigenvalue weighted by Gasteiger charge is 2.13. The average molecular weight is 300 g/mol. The van der Waals surface area contributed by atoms with Crippen LogP contribution in [0.15, 0.2) is 48.5 Å². The lowest BCUT2D eigenvalue weighted by Gasteiger charge is -2.19. The Labute approximate surface area is 130 Å². The third kappa shape index (κ3) is 4.32. The van der Waals surface area contributed by atoms with Crippen LogP contribution in [0, 0.1) is 5.82 Å². The summed E-state index contributed by atoms with van der Waals surface area (Å²) in [4.78, 5) is 11.8. The summed E-state index contributed by atoms with van der Waals surface area (Å²) in [6.45, 7) is 6.56. The lowest BCUT2D eigenvalue weighted by Crippen LogP contribution is -2.28. The summed E-state index contributed by atoms with van der Waals surface area (Å²) in [6, 6.07) is 13.7. The maximum absolute atomic E-state index is 13.5. The van der Waals surface area contributed by atoms with Gasteiger partial charge in [0.05, 0.1) is 0 Å². The second-order valence-electron chi connectivity index (χ2n) is 6.23. The van der Waals surface area contributed by atoms with Crippen LogP contribution >= 0.6 is 0 Å². The van der Waals surface area contributed by atoms with Crippen LogP contribution in [0.3, 0.4) is 0 Å². The largest absolute Gasteiger partial charge is 0.334 e. The van der Waals surface area contributed by atoms with Crippen LogP contribution in [0.1, 0.15) is 31.9 Å². The monoisotopic (exact) mass is 300 g/mol. The maximum Gasteiger partial charge on any atom is 0.319 e. The topological polar surface area (TPSA) is 41.1 Å². The predicted octanol–water partition coefficient (Wildman–Crippen LogP) is 4.44. The van der Waals surface area contributed by atoms with Crippen LogP contribution in [0.2, 0.25) is 0 Å². The second-order valence-corrected chi connectivity index (χ2v) is 6.23. The van der Waals surface area contributed by atoms with Crippen molar-refractivity contribution < 1.29 is 9.18 Å². The minimum atomic E-state index is -0.355. The Morgan fingerprint density at radius 1 is 1.05 bits per heavy atom. The molecule has 0 unspecified atom stereocenters. The number of nitrogens with one attached hydrogen (secondary N) is 2. The molecule has 0 radical (unpaired) electrons. The SMILES string of the molecule is CC(C)(C)c1ccc(NC(=O)NCc2ccccc2F)cc1. The first-order valence-corrected chi connectivity index (χ1v) is 7.25. The van der Waals surface area contributed by atoms with Gasteiger partial charge in [-0.2, -0.15) is 0 Å². The first-order chi connectivity index (χ1) is 10.4. The van der Waals surface area contributed by atoms with Crippen LogP contribution in [0.4, 0.5) is 14.9 Å². The molecule has 0 saturated heterocycles. The van der Waals surface area contributed by atoms with Crippen molar-refractivity contribution in [3.05, 3.63) is 65.5 Å². The molecule has 0 spiro atoms. The van der Waals surface area contributed by atoms with Gasteiger partial charge in [-0.05, 0) is 29.2 Å². The molecule has 2 amide bonds. The van der Waals surface area contributed by atoms with Crippen LogP contribution in [0.25, 0.3) is 0 Å². The molecular formula is C18H21FN2O. The molecule has 2 aromatic carbocycles. The van der Waals surface area contributed by atoms with Crippen molar-refractivity contribution in [1.29, 1.82) is 0 Å². The Balaban J connectivity index is 1.91. The van der Waals surface area contributed by atoms with Gasteiger partial charge < -0.3 is 10.6 Å². The van der Waals surface area contributed by atoms with Gasteiger partial charge in [0.1, 0.15) is 5.82 Å². The number of anilines is 1. The summed E-state index contributed by atoms with van der Waals surface area (Å²) in [7, 11) is 0. The summed E-state index contributed by atoms with van der Waals surface area (Å²) in [5.41, 5.74) is 2.44. The maximum atomic E-state index is 13.5.